The Labute approximate surface area is 198 Å². The van der Waals surface area contributed by atoms with E-state index in [2.05, 4.69) is 28.9 Å². The summed E-state index contributed by atoms with van der Waals surface area (Å²) in [4.78, 5) is 27.3. The summed E-state index contributed by atoms with van der Waals surface area (Å²) in [6, 6.07) is 14.0. The number of piperazine rings is 1. The highest BCUT2D eigenvalue weighted by atomic mass is 16.2. The van der Waals surface area contributed by atoms with Gasteiger partial charge in [-0.15, -0.1) is 5.10 Å². The maximum atomic E-state index is 13.5. The lowest BCUT2D eigenvalue weighted by atomic mass is 9.99. The van der Waals surface area contributed by atoms with Crippen molar-refractivity contribution in [2.24, 2.45) is 0 Å². The van der Waals surface area contributed by atoms with Gasteiger partial charge in [-0.3, -0.25) is 9.88 Å². The van der Waals surface area contributed by atoms with E-state index in [0.717, 1.165) is 47.7 Å². The molecule has 0 radical (unpaired) electrons. The fraction of sp³-hybridized carbons (Fsp3) is 0.360. The SMILES string of the molecule is Cc1cc(-c2c(-c3ccccc3)nc(N)n3c(=O)n(CC4CN(C)CCN4C)nc23)cc(C)n1. The van der Waals surface area contributed by atoms with Gasteiger partial charge in [0, 0.05) is 42.6 Å². The first-order chi connectivity index (χ1) is 16.3. The van der Waals surface area contributed by atoms with Crippen LogP contribution in [0.5, 0.6) is 0 Å². The van der Waals surface area contributed by atoms with Crippen LogP contribution >= 0.6 is 0 Å². The molecule has 2 N–H and O–H groups in total. The summed E-state index contributed by atoms with van der Waals surface area (Å²) in [5, 5.41) is 4.83. The van der Waals surface area contributed by atoms with Gasteiger partial charge in [0.25, 0.3) is 0 Å². The van der Waals surface area contributed by atoms with Crippen LogP contribution in [0.3, 0.4) is 0 Å². The Morgan fingerprint density at radius 1 is 1.00 bits per heavy atom. The van der Waals surface area contributed by atoms with Crippen molar-refractivity contribution >= 4 is 11.6 Å². The van der Waals surface area contributed by atoms with Gasteiger partial charge in [-0.05, 0) is 45.6 Å². The molecule has 1 aliphatic rings. The molecule has 176 valence electrons. The monoisotopic (exact) mass is 458 g/mol. The molecular formula is C25H30N8O. The van der Waals surface area contributed by atoms with Crippen LogP contribution < -0.4 is 11.4 Å². The standard InChI is InChI=1S/C25H30N8O/c1-16-12-19(13-17(2)27-16)21-22(18-8-6-5-7-9-18)28-24(26)33-23(21)29-32(25(33)34)15-20-14-30(3)10-11-31(20)4/h5-9,12-13,20H,10-11,14-15H2,1-4H3,(H2,26,28). The third-order valence-electron chi connectivity index (χ3n) is 6.54. The highest BCUT2D eigenvalue weighted by Crippen LogP contribution is 2.34. The fourth-order valence-electron chi connectivity index (χ4n) is 4.77. The first-order valence-electron chi connectivity index (χ1n) is 11.5. The molecule has 1 aliphatic heterocycles. The molecule has 4 aromatic rings. The highest BCUT2D eigenvalue weighted by Gasteiger charge is 2.26. The Bertz CT molecular complexity index is 1390. The van der Waals surface area contributed by atoms with E-state index in [4.69, 9.17) is 15.8 Å². The average molecular weight is 459 g/mol. The van der Waals surface area contributed by atoms with Crippen molar-refractivity contribution in [3.05, 3.63) is 64.3 Å². The van der Waals surface area contributed by atoms with Crippen molar-refractivity contribution < 1.29 is 0 Å². The van der Waals surface area contributed by atoms with E-state index in [-0.39, 0.29) is 17.7 Å². The van der Waals surface area contributed by atoms with E-state index >= 15 is 0 Å². The first-order valence-corrected chi connectivity index (χ1v) is 11.5. The van der Waals surface area contributed by atoms with Crippen LogP contribution in [0.2, 0.25) is 0 Å². The number of benzene rings is 1. The molecule has 9 nitrogen and oxygen atoms in total. The molecule has 1 unspecified atom stereocenters. The van der Waals surface area contributed by atoms with Crippen LogP contribution in [0.15, 0.2) is 47.3 Å². The molecular weight excluding hydrogens is 428 g/mol. The van der Waals surface area contributed by atoms with Gasteiger partial charge < -0.3 is 10.6 Å². The molecule has 4 heterocycles. The van der Waals surface area contributed by atoms with Crippen LogP contribution in [0.1, 0.15) is 11.4 Å². The Kier molecular flexibility index (Phi) is 5.66. The highest BCUT2D eigenvalue weighted by molar-refractivity contribution is 5.90. The number of nitrogens with zero attached hydrogens (tertiary/aromatic N) is 7. The maximum absolute atomic E-state index is 13.5. The maximum Gasteiger partial charge on any atom is 0.353 e. The Morgan fingerprint density at radius 3 is 2.41 bits per heavy atom. The normalized spacial score (nSPS) is 17.5. The summed E-state index contributed by atoms with van der Waals surface area (Å²) >= 11 is 0. The number of nitrogen functional groups attached to an aromatic ring is 1. The number of pyridine rings is 1. The summed E-state index contributed by atoms with van der Waals surface area (Å²) in [6.07, 6.45) is 0. The number of hydrogen-bond donors (Lipinski definition) is 1. The number of aryl methyl sites for hydroxylation is 2. The topological polar surface area (TPSA) is 97.6 Å². The van der Waals surface area contributed by atoms with Crippen LogP contribution in [-0.4, -0.2) is 73.7 Å². The smallest absolute Gasteiger partial charge is 0.353 e. The van der Waals surface area contributed by atoms with Gasteiger partial charge in [0.15, 0.2) is 5.65 Å². The predicted molar refractivity (Wildman–Crippen MR) is 134 cm³/mol. The van der Waals surface area contributed by atoms with Gasteiger partial charge in [0.2, 0.25) is 5.95 Å². The van der Waals surface area contributed by atoms with Crippen molar-refractivity contribution in [1.82, 2.24) is 33.9 Å². The average Bonchev–Trinajstić information content (AvgIpc) is 3.12. The molecule has 1 saturated heterocycles. The largest absolute Gasteiger partial charge is 0.369 e. The van der Waals surface area contributed by atoms with Gasteiger partial charge in [0.05, 0.1) is 17.8 Å². The van der Waals surface area contributed by atoms with Gasteiger partial charge >= 0.3 is 5.69 Å². The van der Waals surface area contributed by atoms with Crippen molar-refractivity contribution in [3.8, 4) is 22.4 Å². The van der Waals surface area contributed by atoms with E-state index in [1.54, 1.807) is 0 Å². The number of aromatic nitrogens is 5. The van der Waals surface area contributed by atoms with Crippen molar-refractivity contribution in [2.45, 2.75) is 26.4 Å². The summed E-state index contributed by atoms with van der Waals surface area (Å²) < 4.78 is 2.96. The number of hydrogen-bond acceptors (Lipinski definition) is 7. The Hall–Kier alpha value is -3.56. The fourth-order valence-corrected chi connectivity index (χ4v) is 4.77. The minimum Gasteiger partial charge on any atom is -0.369 e. The van der Waals surface area contributed by atoms with Crippen molar-refractivity contribution in [1.29, 1.82) is 0 Å². The third kappa shape index (κ3) is 3.97. The van der Waals surface area contributed by atoms with Crippen molar-refractivity contribution in [3.63, 3.8) is 0 Å². The Morgan fingerprint density at radius 2 is 1.71 bits per heavy atom. The molecule has 0 spiro atoms. The Balaban J connectivity index is 1.75. The zero-order valence-corrected chi connectivity index (χ0v) is 20.1. The predicted octanol–water partition coefficient (Wildman–Crippen LogP) is 2.06. The number of anilines is 1. The molecule has 1 atom stereocenters. The lowest BCUT2D eigenvalue weighted by molar-refractivity contribution is 0.0998. The first kappa shape index (κ1) is 22.2. The molecule has 0 amide bonds. The van der Waals surface area contributed by atoms with Crippen LogP contribution in [-0.2, 0) is 6.54 Å². The van der Waals surface area contributed by atoms with E-state index in [1.165, 1.54) is 9.08 Å². The lowest BCUT2D eigenvalue weighted by Gasteiger charge is -2.37. The summed E-state index contributed by atoms with van der Waals surface area (Å²) in [5.41, 5.74) is 11.7. The number of rotatable bonds is 4. The lowest BCUT2D eigenvalue weighted by Crippen LogP contribution is -2.52. The van der Waals surface area contributed by atoms with Gasteiger partial charge in [-0.1, -0.05) is 30.3 Å². The molecule has 9 heteroatoms. The third-order valence-corrected chi connectivity index (χ3v) is 6.54. The minimum atomic E-state index is -0.273. The molecule has 5 rings (SSSR count). The molecule has 0 bridgehead atoms. The molecule has 34 heavy (non-hydrogen) atoms. The second kappa shape index (κ2) is 8.66. The van der Waals surface area contributed by atoms with E-state index in [1.807, 2.05) is 56.3 Å². The summed E-state index contributed by atoms with van der Waals surface area (Å²) in [5.74, 6) is 0.130. The number of likely N-dealkylation sites (N-methyl/N-ethyl adjacent to an activating group) is 2. The zero-order chi connectivity index (χ0) is 24.0. The second-order valence-corrected chi connectivity index (χ2v) is 9.22. The van der Waals surface area contributed by atoms with Crippen LogP contribution in [0.25, 0.3) is 28.0 Å². The van der Waals surface area contributed by atoms with E-state index in [9.17, 15) is 4.79 Å². The van der Waals surface area contributed by atoms with Crippen molar-refractivity contribution in [2.75, 3.05) is 39.5 Å². The zero-order valence-electron chi connectivity index (χ0n) is 20.1. The summed E-state index contributed by atoms with van der Waals surface area (Å²) in [7, 11) is 4.20. The minimum absolute atomic E-state index is 0.130. The number of fused-ring (bicyclic) bond motifs is 1. The quantitative estimate of drug-likeness (QED) is 0.500. The van der Waals surface area contributed by atoms with Gasteiger partial charge in [-0.25, -0.2) is 18.9 Å². The van der Waals surface area contributed by atoms with Gasteiger partial charge in [-0.2, -0.15) is 0 Å². The van der Waals surface area contributed by atoms with E-state index < -0.39 is 0 Å². The summed E-state index contributed by atoms with van der Waals surface area (Å²) in [6.45, 7) is 7.23. The molecule has 1 aromatic carbocycles. The molecule has 0 saturated carbocycles. The molecule has 3 aromatic heterocycles. The molecule has 0 aliphatic carbocycles. The second-order valence-electron chi connectivity index (χ2n) is 9.22. The number of nitrogens with two attached hydrogens (primary N) is 1. The molecule has 1 fully saturated rings. The van der Waals surface area contributed by atoms with Gasteiger partial charge in [0.1, 0.15) is 0 Å². The van der Waals surface area contributed by atoms with Crippen LogP contribution in [0.4, 0.5) is 5.95 Å². The van der Waals surface area contributed by atoms with E-state index in [0.29, 0.717) is 17.9 Å². The van der Waals surface area contributed by atoms with Crippen LogP contribution in [0, 0.1) is 13.8 Å².